The number of nitrogens with one attached hydrogen (secondary N) is 1. The Hall–Kier alpha value is -3.93. The van der Waals surface area contributed by atoms with Gasteiger partial charge in [0.2, 0.25) is 0 Å². The molecule has 1 aliphatic rings. The molecular formula is C16H15N5O7. The van der Waals surface area contributed by atoms with Crippen molar-refractivity contribution in [1.29, 1.82) is 0 Å². The largest absolute Gasteiger partial charge is 0.497 e. The number of benzene rings is 1. The molecule has 0 spiro atoms. The van der Waals surface area contributed by atoms with Gasteiger partial charge in [-0.05, 0) is 18.1 Å². The number of aromatic hydroxyl groups is 1. The van der Waals surface area contributed by atoms with Crippen LogP contribution in [-0.4, -0.2) is 31.4 Å². The molecule has 1 aliphatic heterocycles. The fourth-order valence-corrected chi connectivity index (χ4v) is 2.42. The molecule has 12 nitrogen and oxygen atoms in total. The van der Waals surface area contributed by atoms with Gasteiger partial charge in [0.25, 0.3) is 11.4 Å². The Labute approximate surface area is 157 Å². The van der Waals surface area contributed by atoms with Gasteiger partial charge in [0.15, 0.2) is 0 Å². The maximum atomic E-state index is 10.4. The quantitative estimate of drug-likeness (QED) is 0.452. The van der Waals surface area contributed by atoms with Crippen molar-refractivity contribution in [3.63, 3.8) is 0 Å². The number of pyridine rings is 1. The van der Waals surface area contributed by atoms with Gasteiger partial charge in [-0.3, -0.25) is 35.3 Å². The number of nitro groups is 3. The minimum atomic E-state index is -1.21. The van der Waals surface area contributed by atoms with Crippen LogP contribution in [0, 0.1) is 30.3 Å². The molecule has 1 atom stereocenters. The summed E-state index contributed by atoms with van der Waals surface area (Å²) in [6.45, 7) is 0.972. The van der Waals surface area contributed by atoms with Crippen molar-refractivity contribution in [3.8, 4) is 5.75 Å². The standard InChI is InChI=1S/C10H12N2.C6H3N3O7/c1-2-7-12-10(5-1)9-4-3-6-11-8-9;10-6-4(8(13)14)1-3(7(11)12)2-5(6)9(15)16/h1-4,6,8,10,12H,5,7H2;1-2,10H. The van der Waals surface area contributed by atoms with Crippen LogP contribution in [0.3, 0.4) is 0 Å². The lowest BCUT2D eigenvalue weighted by Crippen LogP contribution is -2.23. The van der Waals surface area contributed by atoms with Crippen LogP contribution in [-0.2, 0) is 0 Å². The van der Waals surface area contributed by atoms with E-state index in [0.29, 0.717) is 18.2 Å². The second-order valence-electron chi connectivity index (χ2n) is 5.56. The van der Waals surface area contributed by atoms with Crippen LogP contribution >= 0.6 is 0 Å². The van der Waals surface area contributed by atoms with Crippen molar-refractivity contribution in [2.75, 3.05) is 6.54 Å². The molecule has 3 rings (SSSR count). The highest BCUT2D eigenvalue weighted by Gasteiger charge is 2.30. The van der Waals surface area contributed by atoms with E-state index < -0.39 is 37.6 Å². The number of hydrogen-bond donors (Lipinski definition) is 2. The van der Waals surface area contributed by atoms with Crippen LogP contribution in [0.1, 0.15) is 18.0 Å². The molecule has 0 saturated heterocycles. The monoisotopic (exact) mass is 389 g/mol. The highest BCUT2D eigenvalue weighted by atomic mass is 16.6. The predicted octanol–water partition coefficient (Wildman–Crippen LogP) is 2.79. The second kappa shape index (κ2) is 9.14. The second-order valence-corrected chi connectivity index (χ2v) is 5.56. The fourth-order valence-electron chi connectivity index (χ4n) is 2.42. The van der Waals surface area contributed by atoms with E-state index >= 15 is 0 Å². The summed E-state index contributed by atoms with van der Waals surface area (Å²) < 4.78 is 0. The average Bonchev–Trinajstić information content (AvgIpc) is 2.69. The van der Waals surface area contributed by atoms with Crippen molar-refractivity contribution in [2.24, 2.45) is 0 Å². The molecule has 0 aliphatic carbocycles. The Morgan fingerprint density at radius 1 is 1.04 bits per heavy atom. The predicted molar refractivity (Wildman–Crippen MR) is 96.8 cm³/mol. The SMILES string of the molecule is C1=CCC(c2cccnc2)NC1.O=[N+]([O-])c1cc([N+](=O)[O-])c(O)c([N+](=O)[O-])c1. The van der Waals surface area contributed by atoms with Gasteiger partial charge in [-0.2, -0.15) is 0 Å². The first-order valence-corrected chi connectivity index (χ1v) is 7.89. The number of nitrogens with zero attached hydrogens (tertiary/aromatic N) is 4. The Morgan fingerprint density at radius 2 is 1.68 bits per heavy atom. The van der Waals surface area contributed by atoms with Crippen molar-refractivity contribution < 1.29 is 19.9 Å². The summed E-state index contributed by atoms with van der Waals surface area (Å²) >= 11 is 0. The van der Waals surface area contributed by atoms with Gasteiger partial charge in [0.1, 0.15) is 0 Å². The van der Waals surface area contributed by atoms with E-state index in [2.05, 4.69) is 28.5 Å². The van der Waals surface area contributed by atoms with Crippen molar-refractivity contribution in [2.45, 2.75) is 12.5 Å². The molecule has 0 bridgehead atoms. The summed E-state index contributed by atoms with van der Waals surface area (Å²) in [6.07, 6.45) is 9.19. The number of aromatic nitrogens is 1. The van der Waals surface area contributed by atoms with Crippen molar-refractivity contribution in [3.05, 3.63) is 84.7 Å². The molecule has 0 fully saturated rings. The van der Waals surface area contributed by atoms with Crippen LogP contribution in [0.25, 0.3) is 0 Å². The third-order valence-corrected chi connectivity index (χ3v) is 3.77. The average molecular weight is 389 g/mol. The van der Waals surface area contributed by atoms with Crippen LogP contribution < -0.4 is 5.32 Å². The first kappa shape index (κ1) is 20.4. The zero-order valence-electron chi connectivity index (χ0n) is 14.3. The Bertz CT molecular complexity index is 882. The Balaban J connectivity index is 0.000000207. The topological polar surface area (TPSA) is 175 Å². The third-order valence-electron chi connectivity index (χ3n) is 3.77. The summed E-state index contributed by atoms with van der Waals surface area (Å²) in [4.78, 5) is 31.9. The van der Waals surface area contributed by atoms with Crippen molar-refractivity contribution in [1.82, 2.24) is 10.3 Å². The lowest BCUT2D eigenvalue weighted by Gasteiger charge is -2.19. The molecular weight excluding hydrogens is 374 g/mol. The number of non-ortho nitro benzene ring substituents is 1. The number of phenols is 1. The Kier molecular flexibility index (Phi) is 6.65. The summed E-state index contributed by atoms with van der Waals surface area (Å²) in [5.41, 5.74) is -1.72. The molecule has 146 valence electrons. The third kappa shape index (κ3) is 5.04. The zero-order chi connectivity index (χ0) is 20.7. The summed E-state index contributed by atoms with van der Waals surface area (Å²) in [5, 5.41) is 43.6. The van der Waals surface area contributed by atoms with E-state index in [1.54, 1.807) is 0 Å². The maximum absolute atomic E-state index is 10.4. The normalized spacial score (nSPS) is 15.2. The Morgan fingerprint density at radius 3 is 2.11 bits per heavy atom. The van der Waals surface area contributed by atoms with E-state index in [0.717, 1.165) is 13.0 Å². The smallest absolute Gasteiger partial charge is 0.324 e. The van der Waals surface area contributed by atoms with Crippen LogP contribution in [0.15, 0.2) is 48.8 Å². The number of nitro benzene ring substituents is 3. The molecule has 1 aromatic carbocycles. The highest BCUT2D eigenvalue weighted by molar-refractivity contribution is 5.64. The van der Waals surface area contributed by atoms with Gasteiger partial charge >= 0.3 is 11.4 Å². The van der Waals surface area contributed by atoms with Crippen LogP contribution in [0.4, 0.5) is 17.1 Å². The van der Waals surface area contributed by atoms with Gasteiger partial charge < -0.3 is 10.4 Å². The number of phenolic OH excluding ortho intramolecular Hbond substituents is 1. The van der Waals surface area contributed by atoms with E-state index in [4.69, 9.17) is 5.11 Å². The van der Waals surface area contributed by atoms with Gasteiger partial charge in [-0.25, -0.2) is 0 Å². The molecule has 0 saturated carbocycles. The molecule has 2 heterocycles. The molecule has 2 N–H and O–H groups in total. The lowest BCUT2D eigenvalue weighted by molar-refractivity contribution is -0.404. The molecule has 1 unspecified atom stereocenters. The molecule has 1 aromatic heterocycles. The van der Waals surface area contributed by atoms with E-state index in [1.165, 1.54) is 5.56 Å². The molecule has 0 radical (unpaired) electrons. The van der Waals surface area contributed by atoms with E-state index in [-0.39, 0.29) is 0 Å². The van der Waals surface area contributed by atoms with Crippen molar-refractivity contribution >= 4 is 17.1 Å². The first-order chi connectivity index (χ1) is 13.3. The van der Waals surface area contributed by atoms with E-state index in [1.807, 2.05) is 18.5 Å². The van der Waals surface area contributed by atoms with Crippen LogP contribution in [0.2, 0.25) is 0 Å². The lowest BCUT2D eigenvalue weighted by atomic mass is 10.0. The van der Waals surface area contributed by atoms with Gasteiger partial charge in [0.05, 0.1) is 26.9 Å². The summed E-state index contributed by atoms with van der Waals surface area (Å²) in [6, 6.07) is 5.45. The van der Waals surface area contributed by atoms with Gasteiger partial charge in [-0.15, -0.1) is 0 Å². The zero-order valence-corrected chi connectivity index (χ0v) is 14.3. The highest BCUT2D eigenvalue weighted by Crippen LogP contribution is 2.38. The molecule has 28 heavy (non-hydrogen) atoms. The number of hydrogen-bond acceptors (Lipinski definition) is 9. The molecule has 12 heteroatoms. The van der Waals surface area contributed by atoms with E-state index in [9.17, 15) is 30.3 Å². The minimum absolute atomic E-state index is 0.447. The molecule has 2 aromatic rings. The summed E-state index contributed by atoms with van der Waals surface area (Å²) in [7, 11) is 0. The number of rotatable bonds is 4. The first-order valence-electron chi connectivity index (χ1n) is 7.89. The molecule has 0 amide bonds. The maximum Gasteiger partial charge on any atom is 0.324 e. The fraction of sp³-hybridized carbons (Fsp3) is 0.188. The van der Waals surface area contributed by atoms with Gasteiger partial charge in [-0.1, -0.05) is 18.2 Å². The van der Waals surface area contributed by atoms with Gasteiger partial charge in [0, 0.05) is 25.0 Å². The minimum Gasteiger partial charge on any atom is -0.497 e. The van der Waals surface area contributed by atoms with Crippen LogP contribution in [0.5, 0.6) is 5.75 Å². The summed E-state index contributed by atoms with van der Waals surface area (Å²) in [5.74, 6) is -1.21.